The van der Waals surface area contributed by atoms with Crippen LogP contribution in [0.4, 0.5) is 0 Å². The fourth-order valence-corrected chi connectivity index (χ4v) is 3.05. The van der Waals surface area contributed by atoms with Gasteiger partial charge >= 0.3 is 0 Å². The molecule has 4 rings (SSSR count). The van der Waals surface area contributed by atoms with E-state index in [1.807, 2.05) is 23.0 Å². The van der Waals surface area contributed by atoms with Crippen LogP contribution in [0.15, 0.2) is 41.2 Å². The Morgan fingerprint density at radius 3 is 3.19 bits per heavy atom. The molecule has 1 aliphatic heterocycles. The molecule has 1 unspecified atom stereocenters. The number of nitrogens with zero attached hydrogens (tertiary/aromatic N) is 4. The number of rotatable bonds is 3. The highest BCUT2D eigenvalue weighted by molar-refractivity contribution is 6.30. The van der Waals surface area contributed by atoms with Gasteiger partial charge in [0.05, 0.1) is 23.8 Å². The van der Waals surface area contributed by atoms with E-state index in [9.17, 15) is 0 Å². The fourth-order valence-electron chi connectivity index (χ4n) is 2.91. The van der Waals surface area contributed by atoms with Crippen LogP contribution in [0, 0.1) is 0 Å². The van der Waals surface area contributed by atoms with Crippen molar-refractivity contribution < 1.29 is 4.42 Å². The van der Waals surface area contributed by atoms with E-state index in [2.05, 4.69) is 21.0 Å². The molecule has 0 aliphatic carbocycles. The normalized spacial score (nSPS) is 19.6. The van der Waals surface area contributed by atoms with Crippen LogP contribution in [0.1, 0.15) is 18.2 Å². The van der Waals surface area contributed by atoms with Gasteiger partial charge in [-0.2, -0.15) is 5.10 Å². The summed E-state index contributed by atoms with van der Waals surface area (Å²) in [6.07, 6.45) is 6.41. The van der Waals surface area contributed by atoms with Crippen molar-refractivity contribution in [3.05, 3.63) is 47.6 Å². The molecule has 0 amide bonds. The van der Waals surface area contributed by atoms with E-state index < -0.39 is 0 Å². The molecule has 21 heavy (non-hydrogen) atoms. The average Bonchev–Trinajstić information content (AvgIpc) is 3.17. The molecule has 3 aromatic rings. The Hall–Kier alpha value is -1.85. The first kappa shape index (κ1) is 12.9. The molecule has 0 saturated carbocycles. The largest absolute Gasteiger partial charge is 0.441 e. The lowest BCUT2D eigenvalue weighted by atomic mass is 10.3. The number of hydrogen-bond donors (Lipinski definition) is 0. The minimum Gasteiger partial charge on any atom is -0.441 e. The predicted molar refractivity (Wildman–Crippen MR) is 80.2 cm³/mol. The first-order valence-corrected chi connectivity index (χ1v) is 7.41. The van der Waals surface area contributed by atoms with Gasteiger partial charge < -0.3 is 4.42 Å². The highest BCUT2D eigenvalue weighted by Crippen LogP contribution is 2.25. The Morgan fingerprint density at radius 2 is 2.38 bits per heavy atom. The molecular formula is C15H15ClN4O. The van der Waals surface area contributed by atoms with Crippen molar-refractivity contribution in [2.24, 2.45) is 0 Å². The van der Waals surface area contributed by atoms with Gasteiger partial charge in [-0.3, -0.25) is 9.58 Å². The topological polar surface area (TPSA) is 47.1 Å². The Kier molecular flexibility index (Phi) is 3.16. The van der Waals surface area contributed by atoms with Crippen molar-refractivity contribution in [2.75, 3.05) is 13.1 Å². The standard InChI is InChI=1S/C15H15ClN4O/c16-12-7-18-20(8-12)13-3-5-19(9-13)10-14-6-11-2-1-4-17-15(11)21-14/h1-2,4,6-8,13H,3,5,9-10H2. The number of likely N-dealkylation sites (tertiary alicyclic amines) is 1. The molecule has 0 radical (unpaired) electrons. The second-order valence-corrected chi connectivity index (χ2v) is 5.86. The van der Waals surface area contributed by atoms with Gasteiger partial charge in [-0.05, 0) is 24.6 Å². The Labute approximate surface area is 127 Å². The van der Waals surface area contributed by atoms with E-state index in [-0.39, 0.29) is 0 Å². The van der Waals surface area contributed by atoms with Gasteiger partial charge in [0.2, 0.25) is 5.71 Å². The van der Waals surface area contributed by atoms with E-state index in [4.69, 9.17) is 16.0 Å². The Balaban J connectivity index is 1.46. The van der Waals surface area contributed by atoms with Crippen molar-refractivity contribution in [1.82, 2.24) is 19.7 Å². The molecule has 0 aromatic carbocycles. The molecule has 5 nitrogen and oxygen atoms in total. The van der Waals surface area contributed by atoms with E-state index in [1.54, 1.807) is 12.4 Å². The number of hydrogen-bond acceptors (Lipinski definition) is 4. The van der Waals surface area contributed by atoms with Crippen LogP contribution in [0.2, 0.25) is 5.02 Å². The van der Waals surface area contributed by atoms with E-state index >= 15 is 0 Å². The van der Waals surface area contributed by atoms with Crippen LogP contribution in [-0.2, 0) is 6.54 Å². The molecule has 4 heterocycles. The molecule has 108 valence electrons. The van der Waals surface area contributed by atoms with E-state index in [1.165, 1.54) is 0 Å². The molecular weight excluding hydrogens is 288 g/mol. The third-order valence-electron chi connectivity index (χ3n) is 3.92. The Morgan fingerprint density at radius 1 is 1.43 bits per heavy atom. The maximum atomic E-state index is 5.93. The van der Waals surface area contributed by atoms with Crippen molar-refractivity contribution in [2.45, 2.75) is 19.0 Å². The zero-order chi connectivity index (χ0) is 14.2. The zero-order valence-electron chi connectivity index (χ0n) is 11.4. The molecule has 1 atom stereocenters. The lowest BCUT2D eigenvalue weighted by Crippen LogP contribution is -2.21. The van der Waals surface area contributed by atoms with Crippen LogP contribution in [0.3, 0.4) is 0 Å². The van der Waals surface area contributed by atoms with Crippen molar-refractivity contribution in [3.8, 4) is 0 Å². The third-order valence-corrected chi connectivity index (χ3v) is 4.11. The Bertz CT molecular complexity index is 733. The number of fused-ring (bicyclic) bond motifs is 1. The van der Waals surface area contributed by atoms with Gasteiger partial charge in [0.1, 0.15) is 5.76 Å². The highest BCUT2D eigenvalue weighted by Gasteiger charge is 2.25. The first-order valence-electron chi connectivity index (χ1n) is 7.03. The summed E-state index contributed by atoms with van der Waals surface area (Å²) < 4.78 is 7.74. The van der Waals surface area contributed by atoms with Crippen LogP contribution < -0.4 is 0 Å². The van der Waals surface area contributed by atoms with Crippen molar-refractivity contribution in [1.29, 1.82) is 0 Å². The van der Waals surface area contributed by atoms with Gasteiger partial charge in [0, 0.05) is 30.9 Å². The van der Waals surface area contributed by atoms with Gasteiger partial charge in [0.25, 0.3) is 0 Å². The molecule has 0 N–H and O–H groups in total. The summed E-state index contributed by atoms with van der Waals surface area (Å²) in [6.45, 7) is 2.80. The lowest BCUT2D eigenvalue weighted by molar-refractivity contribution is 0.286. The molecule has 1 fully saturated rings. The molecule has 3 aromatic heterocycles. The van der Waals surface area contributed by atoms with Gasteiger partial charge in [-0.15, -0.1) is 0 Å². The summed E-state index contributed by atoms with van der Waals surface area (Å²) in [5, 5.41) is 6.05. The summed E-state index contributed by atoms with van der Waals surface area (Å²) in [7, 11) is 0. The van der Waals surface area contributed by atoms with Gasteiger partial charge in [0.15, 0.2) is 0 Å². The number of pyridine rings is 1. The summed E-state index contributed by atoms with van der Waals surface area (Å²) in [6, 6.07) is 6.41. The predicted octanol–water partition coefficient (Wildman–Crippen LogP) is 3.12. The first-order chi connectivity index (χ1) is 10.3. The van der Waals surface area contributed by atoms with Crippen LogP contribution in [0.25, 0.3) is 11.1 Å². The summed E-state index contributed by atoms with van der Waals surface area (Å²) >= 11 is 5.93. The van der Waals surface area contributed by atoms with E-state index in [0.29, 0.717) is 16.8 Å². The summed E-state index contributed by atoms with van der Waals surface area (Å²) in [5.41, 5.74) is 0.710. The maximum absolute atomic E-state index is 5.93. The second-order valence-electron chi connectivity index (χ2n) is 5.43. The molecule has 1 aliphatic rings. The number of halogens is 1. The SMILES string of the molecule is Clc1cnn(C2CCN(Cc3cc4cccnc4o3)C2)c1. The average molecular weight is 303 g/mol. The van der Waals surface area contributed by atoms with Crippen molar-refractivity contribution >= 4 is 22.7 Å². The summed E-state index contributed by atoms with van der Waals surface area (Å²) in [5.74, 6) is 0.961. The van der Waals surface area contributed by atoms with Crippen LogP contribution >= 0.6 is 11.6 Å². The third kappa shape index (κ3) is 2.54. The number of furan rings is 1. The minimum atomic E-state index is 0.389. The quantitative estimate of drug-likeness (QED) is 0.746. The van der Waals surface area contributed by atoms with Gasteiger partial charge in [-0.1, -0.05) is 11.6 Å². The van der Waals surface area contributed by atoms with Crippen LogP contribution in [-0.4, -0.2) is 32.8 Å². The molecule has 6 heteroatoms. The second kappa shape index (κ2) is 5.16. The van der Waals surface area contributed by atoms with Crippen LogP contribution in [0.5, 0.6) is 0 Å². The van der Waals surface area contributed by atoms with E-state index in [0.717, 1.165) is 37.2 Å². The fraction of sp³-hybridized carbons (Fsp3) is 0.333. The number of aromatic nitrogens is 3. The monoisotopic (exact) mass is 302 g/mol. The van der Waals surface area contributed by atoms with Crippen molar-refractivity contribution in [3.63, 3.8) is 0 Å². The minimum absolute atomic E-state index is 0.389. The maximum Gasteiger partial charge on any atom is 0.226 e. The zero-order valence-corrected chi connectivity index (χ0v) is 12.2. The highest BCUT2D eigenvalue weighted by atomic mass is 35.5. The molecule has 0 spiro atoms. The molecule has 1 saturated heterocycles. The smallest absolute Gasteiger partial charge is 0.226 e. The summed E-state index contributed by atoms with van der Waals surface area (Å²) in [4.78, 5) is 6.60. The van der Waals surface area contributed by atoms with Gasteiger partial charge in [-0.25, -0.2) is 4.98 Å². The molecule has 0 bridgehead atoms. The lowest BCUT2D eigenvalue weighted by Gasteiger charge is -2.14.